The number of rotatable bonds is 4. The molecule has 0 atom stereocenters. The summed E-state index contributed by atoms with van der Waals surface area (Å²) in [6.45, 7) is 2.32. The van der Waals surface area contributed by atoms with E-state index >= 15 is 0 Å². The molecule has 3 nitrogen and oxygen atoms in total. The smallest absolute Gasteiger partial charge is 0.238 e. The highest BCUT2D eigenvalue weighted by Gasteiger charge is 2.15. The molecule has 4 heteroatoms. The number of carbonyl (C=O) groups excluding carboxylic acids is 1. The Bertz CT molecular complexity index is 428. The highest BCUT2D eigenvalue weighted by Crippen LogP contribution is 2.20. The highest BCUT2D eigenvalue weighted by molar-refractivity contribution is 6.30. The molecule has 1 amide bonds. The van der Waals surface area contributed by atoms with Crippen molar-refractivity contribution in [3.05, 3.63) is 28.8 Å². The fraction of sp³-hybridized carbons (Fsp3) is 0.500. The summed E-state index contributed by atoms with van der Waals surface area (Å²) in [4.78, 5) is 11.8. The number of anilines is 1. The summed E-state index contributed by atoms with van der Waals surface area (Å²) in [5, 5.41) is 6.89. The van der Waals surface area contributed by atoms with Crippen molar-refractivity contribution in [2.75, 3.05) is 11.9 Å². The van der Waals surface area contributed by atoms with Gasteiger partial charge in [-0.1, -0.05) is 24.4 Å². The van der Waals surface area contributed by atoms with E-state index in [1.54, 1.807) is 6.07 Å². The molecule has 0 aliphatic heterocycles. The van der Waals surface area contributed by atoms with Crippen LogP contribution in [0.25, 0.3) is 0 Å². The Morgan fingerprint density at radius 3 is 2.78 bits per heavy atom. The molecule has 98 valence electrons. The fourth-order valence-corrected chi connectivity index (χ4v) is 2.56. The van der Waals surface area contributed by atoms with E-state index in [1.807, 2.05) is 19.1 Å². The van der Waals surface area contributed by atoms with Crippen LogP contribution >= 0.6 is 11.6 Å². The minimum atomic E-state index is 0.00678. The summed E-state index contributed by atoms with van der Waals surface area (Å²) in [6, 6.07) is 5.99. The van der Waals surface area contributed by atoms with Crippen LogP contribution in [0.4, 0.5) is 5.69 Å². The molecule has 1 fully saturated rings. The third kappa shape index (κ3) is 3.72. The Balaban J connectivity index is 1.82. The van der Waals surface area contributed by atoms with Crippen LogP contribution in [0.1, 0.15) is 31.2 Å². The van der Waals surface area contributed by atoms with E-state index in [9.17, 15) is 4.79 Å². The van der Waals surface area contributed by atoms with Crippen LogP contribution in [0.2, 0.25) is 5.02 Å². The van der Waals surface area contributed by atoms with Crippen molar-refractivity contribution in [1.29, 1.82) is 0 Å². The van der Waals surface area contributed by atoms with Gasteiger partial charge in [-0.15, -0.1) is 0 Å². The van der Waals surface area contributed by atoms with E-state index < -0.39 is 0 Å². The zero-order chi connectivity index (χ0) is 13.0. The maximum absolute atomic E-state index is 11.8. The Hall–Kier alpha value is -1.06. The first kappa shape index (κ1) is 13.4. The second kappa shape index (κ2) is 6.21. The molecule has 0 heterocycles. The summed E-state index contributed by atoms with van der Waals surface area (Å²) in [7, 11) is 0. The van der Waals surface area contributed by atoms with E-state index in [4.69, 9.17) is 11.6 Å². The molecule has 1 aliphatic rings. The summed E-state index contributed by atoms with van der Waals surface area (Å²) < 4.78 is 0. The van der Waals surface area contributed by atoms with Crippen molar-refractivity contribution < 1.29 is 4.79 Å². The lowest BCUT2D eigenvalue weighted by Crippen LogP contribution is -2.34. The second-order valence-electron chi connectivity index (χ2n) is 4.87. The molecule has 0 unspecified atom stereocenters. The number of aryl methyl sites for hydroxylation is 1. The van der Waals surface area contributed by atoms with Gasteiger partial charge in [-0.25, -0.2) is 0 Å². The van der Waals surface area contributed by atoms with Gasteiger partial charge < -0.3 is 10.6 Å². The quantitative estimate of drug-likeness (QED) is 0.879. The first-order valence-electron chi connectivity index (χ1n) is 6.44. The van der Waals surface area contributed by atoms with Crippen molar-refractivity contribution in [3.63, 3.8) is 0 Å². The summed E-state index contributed by atoms with van der Waals surface area (Å²) in [6.07, 6.45) is 4.92. The molecule has 0 bridgehead atoms. The topological polar surface area (TPSA) is 41.1 Å². The predicted octanol–water partition coefficient (Wildman–Crippen LogP) is 3.12. The van der Waals surface area contributed by atoms with Gasteiger partial charge in [-0.05, 0) is 43.5 Å². The molecule has 0 saturated heterocycles. The van der Waals surface area contributed by atoms with Crippen LogP contribution in [0.5, 0.6) is 0 Å². The molecule has 0 radical (unpaired) electrons. The van der Waals surface area contributed by atoms with Crippen LogP contribution in [-0.4, -0.2) is 18.5 Å². The number of benzene rings is 1. The number of halogens is 1. The van der Waals surface area contributed by atoms with Crippen molar-refractivity contribution in [2.24, 2.45) is 0 Å². The molecular formula is C14H19ClN2O. The molecule has 1 aliphatic carbocycles. The van der Waals surface area contributed by atoms with E-state index in [-0.39, 0.29) is 5.91 Å². The molecule has 1 aromatic carbocycles. The van der Waals surface area contributed by atoms with Gasteiger partial charge in [-0.3, -0.25) is 4.79 Å². The van der Waals surface area contributed by atoms with Gasteiger partial charge in [0.15, 0.2) is 0 Å². The first-order valence-corrected chi connectivity index (χ1v) is 6.82. The van der Waals surface area contributed by atoms with E-state index in [0.29, 0.717) is 17.6 Å². The molecule has 0 aromatic heterocycles. The Kier molecular flexibility index (Phi) is 4.61. The minimum absolute atomic E-state index is 0.00678. The molecule has 1 saturated carbocycles. The normalized spacial score (nSPS) is 15.9. The minimum Gasteiger partial charge on any atom is -0.325 e. The van der Waals surface area contributed by atoms with Gasteiger partial charge in [0.05, 0.1) is 6.54 Å². The first-order chi connectivity index (χ1) is 8.65. The van der Waals surface area contributed by atoms with Crippen molar-refractivity contribution in [3.8, 4) is 0 Å². The van der Waals surface area contributed by atoms with Gasteiger partial charge >= 0.3 is 0 Å². The van der Waals surface area contributed by atoms with Crippen LogP contribution < -0.4 is 10.6 Å². The number of hydrogen-bond acceptors (Lipinski definition) is 2. The Morgan fingerprint density at radius 1 is 1.39 bits per heavy atom. The van der Waals surface area contributed by atoms with Crippen molar-refractivity contribution in [1.82, 2.24) is 5.32 Å². The maximum atomic E-state index is 11.8. The number of carbonyl (C=O) groups is 1. The Labute approximate surface area is 113 Å². The van der Waals surface area contributed by atoms with E-state index in [2.05, 4.69) is 10.6 Å². The summed E-state index contributed by atoms with van der Waals surface area (Å²) in [5.41, 5.74) is 1.81. The van der Waals surface area contributed by atoms with Crippen molar-refractivity contribution >= 4 is 23.2 Å². The van der Waals surface area contributed by atoms with Gasteiger partial charge in [0.25, 0.3) is 0 Å². The third-order valence-electron chi connectivity index (χ3n) is 3.37. The molecule has 2 rings (SSSR count). The lowest BCUT2D eigenvalue weighted by atomic mass is 10.2. The molecule has 2 N–H and O–H groups in total. The highest BCUT2D eigenvalue weighted by atomic mass is 35.5. The SMILES string of the molecule is Cc1cc(Cl)ccc1NC(=O)CNC1CCCC1. The Morgan fingerprint density at radius 2 is 2.11 bits per heavy atom. The van der Waals surface area contributed by atoms with E-state index in [0.717, 1.165) is 11.3 Å². The largest absolute Gasteiger partial charge is 0.325 e. The van der Waals surface area contributed by atoms with Crippen LogP contribution in [0, 0.1) is 6.92 Å². The fourth-order valence-electron chi connectivity index (χ4n) is 2.33. The number of nitrogens with one attached hydrogen (secondary N) is 2. The predicted molar refractivity (Wildman–Crippen MR) is 75.1 cm³/mol. The monoisotopic (exact) mass is 266 g/mol. The lowest BCUT2D eigenvalue weighted by Gasteiger charge is -2.13. The van der Waals surface area contributed by atoms with Gasteiger partial charge in [0.1, 0.15) is 0 Å². The summed E-state index contributed by atoms with van der Waals surface area (Å²) >= 11 is 5.88. The second-order valence-corrected chi connectivity index (χ2v) is 5.31. The zero-order valence-corrected chi connectivity index (χ0v) is 11.4. The van der Waals surface area contributed by atoms with Crippen LogP contribution in [0.3, 0.4) is 0 Å². The molecule has 0 spiro atoms. The van der Waals surface area contributed by atoms with Gasteiger partial charge in [-0.2, -0.15) is 0 Å². The number of hydrogen-bond donors (Lipinski definition) is 2. The molecule has 1 aromatic rings. The van der Waals surface area contributed by atoms with E-state index in [1.165, 1.54) is 25.7 Å². The number of amides is 1. The van der Waals surface area contributed by atoms with Crippen LogP contribution in [0.15, 0.2) is 18.2 Å². The average molecular weight is 267 g/mol. The zero-order valence-electron chi connectivity index (χ0n) is 10.6. The van der Waals surface area contributed by atoms with Gasteiger partial charge in [0.2, 0.25) is 5.91 Å². The summed E-state index contributed by atoms with van der Waals surface area (Å²) in [5.74, 6) is 0.00678. The molecular weight excluding hydrogens is 248 g/mol. The standard InChI is InChI=1S/C14H19ClN2O/c1-10-8-11(15)6-7-13(10)17-14(18)9-16-12-4-2-3-5-12/h6-8,12,16H,2-5,9H2,1H3,(H,17,18). The molecule has 18 heavy (non-hydrogen) atoms. The van der Waals surface area contributed by atoms with Crippen molar-refractivity contribution in [2.45, 2.75) is 38.6 Å². The third-order valence-corrected chi connectivity index (χ3v) is 3.60. The van der Waals surface area contributed by atoms with Gasteiger partial charge in [0, 0.05) is 16.8 Å². The lowest BCUT2D eigenvalue weighted by molar-refractivity contribution is -0.115. The maximum Gasteiger partial charge on any atom is 0.238 e. The van der Waals surface area contributed by atoms with Crippen LogP contribution in [-0.2, 0) is 4.79 Å². The average Bonchev–Trinajstić information content (AvgIpc) is 2.83.